The van der Waals surface area contributed by atoms with E-state index in [1.165, 1.54) is 5.56 Å². The summed E-state index contributed by atoms with van der Waals surface area (Å²) in [5.74, 6) is 1.44. The van der Waals surface area contributed by atoms with E-state index in [9.17, 15) is 8.42 Å². The Hall–Kier alpha value is -1.36. The average Bonchev–Trinajstić information content (AvgIpc) is 3.07. The molecule has 1 N–H and O–H groups in total. The highest BCUT2D eigenvalue weighted by Gasteiger charge is 2.29. The second-order valence-electron chi connectivity index (χ2n) is 9.43. The molecule has 0 amide bonds. The van der Waals surface area contributed by atoms with Crippen LogP contribution in [0, 0.1) is 11.8 Å². The minimum atomic E-state index is -3.73. The van der Waals surface area contributed by atoms with Gasteiger partial charge in [0.05, 0.1) is 4.90 Å². The molecule has 0 aliphatic heterocycles. The summed E-state index contributed by atoms with van der Waals surface area (Å²) in [6.45, 7) is 16.9. The van der Waals surface area contributed by atoms with Crippen LogP contribution in [-0.4, -0.2) is 14.1 Å². The first-order valence-corrected chi connectivity index (χ1v) is 12.2. The lowest BCUT2D eigenvalue weighted by Gasteiger charge is -2.22. The van der Waals surface area contributed by atoms with Crippen molar-refractivity contribution in [2.45, 2.75) is 97.3 Å². The number of hydrazone groups is 1. The molecule has 1 atom stereocenters. The highest BCUT2D eigenvalue weighted by Crippen LogP contribution is 2.35. The third-order valence-corrected chi connectivity index (χ3v) is 7.18. The quantitative estimate of drug-likeness (QED) is 0.552. The highest BCUT2D eigenvalue weighted by molar-refractivity contribution is 7.89. The molecule has 5 heteroatoms. The minimum Gasteiger partial charge on any atom is -0.200 e. The van der Waals surface area contributed by atoms with Crippen molar-refractivity contribution in [3.8, 4) is 0 Å². The second-order valence-corrected chi connectivity index (χ2v) is 11.0. The van der Waals surface area contributed by atoms with Gasteiger partial charge in [-0.1, -0.05) is 67.5 Å². The van der Waals surface area contributed by atoms with E-state index in [4.69, 9.17) is 0 Å². The molecular weight excluding hydrogens is 368 g/mol. The summed E-state index contributed by atoms with van der Waals surface area (Å²) in [5, 5.41) is 4.41. The zero-order chi connectivity index (χ0) is 21.2. The number of nitrogens with zero attached hydrogens (tertiary/aromatic N) is 1. The summed E-state index contributed by atoms with van der Waals surface area (Å²) >= 11 is 0. The van der Waals surface area contributed by atoms with Gasteiger partial charge in [-0.25, -0.2) is 4.83 Å². The summed E-state index contributed by atoms with van der Waals surface area (Å²) in [6, 6.07) is 4.13. The fraction of sp³-hybridized carbons (Fsp3) is 0.696. The monoisotopic (exact) mass is 406 g/mol. The lowest BCUT2D eigenvalue weighted by Crippen LogP contribution is -2.25. The maximum absolute atomic E-state index is 13.4. The molecule has 0 spiro atoms. The lowest BCUT2D eigenvalue weighted by atomic mass is 9.89. The number of rotatable bonds is 7. The van der Waals surface area contributed by atoms with E-state index in [0.29, 0.717) is 22.6 Å². The Kier molecular flexibility index (Phi) is 7.35. The van der Waals surface area contributed by atoms with E-state index in [1.54, 1.807) is 0 Å². The van der Waals surface area contributed by atoms with Gasteiger partial charge >= 0.3 is 0 Å². The predicted octanol–water partition coefficient (Wildman–Crippen LogP) is 6.15. The molecule has 1 aliphatic carbocycles. The van der Waals surface area contributed by atoms with Gasteiger partial charge in [0.25, 0.3) is 10.0 Å². The molecule has 1 aromatic carbocycles. The summed E-state index contributed by atoms with van der Waals surface area (Å²) in [4.78, 5) is 3.02. The molecule has 0 unspecified atom stereocenters. The molecule has 1 fully saturated rings. The van der Waals surface area contributed by atoms with E-state index >= 15 is 0 Å². The first-order chi connectivity index (χ1) is 13.0. The molecule has 0 radical (unpaired) electrons. The number of hydrogen-bond acceptors (Lipinski definition) is 3. The van der Waals surface area contributed by atoms with Crippen LogP contribution in [-0.2, 0) is 10.0 Å². The van der Waals surface area contributed by atoms with E-state index in [0.717, 1.165) is 36.1 Å². The van der Waals surface area contributed by atoms with Crippen molar-refractivity contribution < 1.29 is 8.42 Å². The summed E-state index contributed by atoms with van der Waals surface area (Å²) in [7, 11) is -3.73. The van der Waals surface area contributed by atoms with Crippen molar-refractivity contribution in [1.82, 2.24) is 4.83 Å². The van der Waals surface area contributed by atoms with Gasteiger partial charge in [0.1, 0.15) is 0 Å². The molecule has 1 aliphatic rings. The Morgan fingerprint density at radius 3 is 1.89 bits per heavy atom. The third kappa shape index (κ3) is 4.97. The van der Waals surface area contributed by atoms with Crippen LogP contribution in [0.4, 0.5) is 0 Å². The topological polar surface area (TPSA) is 58.5 Å². The Bertz CT molecular complexity index is 792. The van der Waals surface area contributed by atoms with E-state index < -0.39 is 10.0 Å². The van der Waals surface area contributed by atoms with Crippen molar-refractivity contribution in [2.24, 2.45) is 16.9 Å². The van der Waals surface area contributed by atoms with Gasteiger partial charge in [-0.2, -0.15) is 13.5 Å². The van der Waals surface area contributed by atoms with Crippen molar-refractivity contribution in [2.75, 3.05) is 0 Å². The van der Waals surface area contributed by atoms with Crippen LogP contribution in [0.5, 0.6) is 0 Å². The second kappa shape index (κ2) is 8.98. The summed E-state index contributed by atoms with van der Waals surface area (Å²) in [6.07, 6.45) is 3.06. The van der Waals surface area contributed by atoms with Crippen molar-refractivity contribution in [1.29, 1.82) is 0 Å². The fourth-order valence-electron chi connectivity index (χ4n) is 4.08. The van der Waals surface area contributed by atoms with E-state index in [-0.39, 0.29) is 11.8 Å². The van der Waals surface area contributed by atoms with Crippen LogP contribution in [0.2, 0.25) is 0 Å². The van der Waals surface area contributed by atoms with Crippen LogP contribution in [0.1, 0.15) is 109 Å². The van der Waals surface area contributed by atoms with Gasteiger partial charge in [-0.15, -0.1) is 0 Å². The molecule has 0 saturated heterocycles. The van der Waals surface area contributed by atoms with Gasteiger partial charge in [-0.3, -0.25) is 0 Å². The van der Waals surface area contributed by atoms with Crippen molar-refractivity contribution >= 4 is 15.7 Å². The summed E-state index contributed by atoms with van der Waals surface area (Å²) < 4.78 is 26.8. The van der Waals surface area contributed by atoms with E-state index in [2.05, 4.69) is 77.5 Å². The molecule has 158 valence electrons. The molecule has 28 heavy (non-hydrogen) atoms. The normalized spacial score (nSPS) is 19.6. The number of sulfonamides is 1. The van der Waals surface area contributed by atoms with Crippen LogP contribution >= 0.6 is 0 Å². The maximum Gasteiger partial charge on any atom is 0.277 e. The molecule has 0 aromatic heterocycles. The molecule has 2 rings (SSSR count). The standard InChI is InChI=1S/C23H38N2O2S/c1-14(2)18-12-20(16(5)6)23(21(13-18)17(7)8)28(26,27)25-24-22-11-9-10-19(22)15(3)4/h12-17,19,25H,9-11H2,1-8H3/b24-22-/t19-/m1/s1. The highest BCUT2D eigenvalue weighted by atomic mass is 32.2. The van der Waals surface area contributed by atoms with Gasteiger partial charge in [-0.05, 0) is 59.6 Å². The first kappa shape index (κ1) is 22.9. The van der Waals surface area contributed by atoms with Crippen LogP contribution in [0.15, 0.2) is 22.1 Å². The number of nitrogens with one attached hydrogen (secondary N) is 1. The zero-order valence-corrected chi connectivity index (χ0v) is 19.7. The maximum atomic E-state index is 13.4. The van der Waals surface area contributed by atoms with Crippen LogP contribution in [0.3, 0.4) is 0 Å². The SMILES string of the molecule is CC(C)c1cc(C(C)C)c(S(=O)(=O)N/N=C2/CCC[C@@H]2C(C)C)c(C(C)C)c1. The fourth-order valence-corrected chi connectivity index (χ4v) is 5.61. The first-order valence-electron chi connectivity index (χ1n) is 10.7. The van der Waals surface area contributed by atoms with Crippen LogP contribution in [0.25, 0.3) is 0 Å². The van der Waals surface area contributed by atoms with Crippen molar-refractivity contribution in [3.63, 3.8) is 0 Å². The summed E-state index contributed by atoms with van der Waals surface area (Å²) in [5.41, 5.74) is 3.95. The molecule has 1 aromatic rings. The third-order valence-electron chi connectivity index (χ3n) is 5.84. The number of benzene rings is 1. The van der Waals surface area contributed by atoms with Crippen molar-refractivity contribution in [3.05, 3.63) is 28.8 Å². The Morgan fingerprint density at radius 2 is 1.46 bits per heavy atom. The van der Waals surface area contributed by atoms with Gasteiger partial charge in [0, 0.05) is 11.6 Å². The Labute approximate surface area is 172 Å². The van der Waals surface area contributed by atoms with Gasteiger partial charge in [0.15, 0.2) is 0 Å². The van der Waals surface area contributed by atoms with E-state index in [1.807, 2.05) is 0 Å². The molecule has 0 bridgehead atoms. The molecule has 1 saturated carbocycles. The van der Waals surface area contributed by atoms with Gasteiger partial charge in [0.2, 0.25) is 0 Å². The minimum absolute atomic E-state index is 0.116. The molecule has 0 heterocycles. The van der Waals surface area contributed by atoms with Crippen LogP contribution < -0.4 is 4.83 Å². The smallest absolute Gasteiger partial charge is 0.200 e. The predicted molar refractivity (Wildman–Crippen MR) is 119 cm³/mol. The Morgan fingerprint density at radius 1 is 0.929 bits per heavy atom. The largest absolute Gasteiger partial charge is 0.277 e. The lowest BCUT2D eigenvalue weighted by molar-refractivity contribution is 0.485. The molecule has 4 nitrogen and oxygen atoms in total. The average molecular weight is 407 g/mol. The zero-order valence-electron chi connectivity index (χ0n) is 18.8. The Balaban J connectivity index is 2.55. The molecular formula is C23H38N2O2S. The van der Waals surface area contributed by atoms with Gasteiger partial charge < -0.3 is 0 Å². The number of hydrogen-bond donors (Lipinski definition) is 1.